The summed E-state index contributed by atoms with van der Waals surface area (Å²) in [6.45, 7) is 12.4. The van der Waals surface area contributed by atoms with E-state index in [-0.39, 0.29) is 42.4 Å². The summed E-state index contributed by atoms with van der Waals surface area (Å²) in [6, 6.07) is 4.90. The minimum Gasteiger partial charge on any atom is -0.469 e. The molecule has 3 rings (SSSR count). The number of carbonyl (C=O) groups is 4. The molecule has 1 aromatic rings. The Kier molecular flexibility index (Phi) is 10.6. The Bertz CT molecular complexity index is 1330. The lowest BCUT2D eigenvalue weighted by Crippen LogP contribution is -2.48. The lowest BCUT2D eigenvalue weighted by atomic mass is 9.77. The van der Waals surface area contributed by atoms with Crippen LogP contribution in [-0.2, 0) is 43.0 Å². The Morgan fingerprint density at radius 1 is 1.07 bits per heavy atom. The molecule has 5 atom stereocenters. The SMILES string of the molecule is CC[C@@H]1C[C@]1(CC(=O)[C@@H]1C[C@@H](OS(=O)(=O)c2ccc(Br)cc2)CN1C(=O)[C@@H](CC(=O)OC(C)(C)C)C(C)(C)C)C(=O)OC. The number of nitrogens with zero attached hydrogens (tertiary/aromatic N) is 1. The molecule has 1 heterocycles. The van der Waals surface area contributed by atoms with Crippen molar-refractivity contribution < 1.29 is 41.3 Å². The fourth-order valence-electron chi connectivity index (χ4n) is 5.85. The van der Waals surface area contributed by atoms with Gasteiger partial charge in [-0.1, -0.05) is 50.0 Å². The molecule has 1 saturated heterocycles. The first-order valence-corrected chi connectivity index (χ1v) is 16.8. The highest BCUT2D eigenvalue weighted by Crippen LogP contribution is 2.58. The molecule has 240 valence electrons. The van der Waals surface area contributed by atoms with Crippen LogP contribution in [0, 0.1) is 22.7 Å². The van der Waals surface area contributed by atoms with Crippen LogP contribution >= 0.6 is 15.9 Å². The minimum absolute atomic E-state index is 0.0197. The van der Waals surface area contributed by atoms with Gasteiger partial charge in [-0.3, -0.25) is 23.4 Å². The fourth-order valence-corrected chi connectivity index (χ4v) is 7.19. The van der Waals surface area contributed by atoms with E-state index in [1.54, 1.807) is 32.9 Å². The van der Waals surface area contributed by atoms with Gasteiger partial charge in [-0.15, -0.1) is 0 Å². The van der Waals surface area contributed by atoms with Crippen molar-refractivity contribution in [2.24, 2.45) is 22.7 Å². The number of Topliss-reactive ketones (excluding diaryl/α,β-unsaturated/α-hetero) is 1. The third-order valence-corrected chi connectivity index (χ3v) is 10.1. The summed E-state index contributed by atoms with van der Waals surface area (Å²) in [4.78, 5) is 54.9. The number of esters is 2. The number of amides is 1. The van der Waals surface area contributed by atoms with Crippen molar-refractivity contribution in [3.8, 4) is 0 Å². The molecule has 0 radical (unpaired) electrons. The Labute approximate surface area is 263 Å². The molecule has 0 bridgehead atoms. The normalized spacial score (nSPS) is 24.8. The van der Waals surface area contributed by atoms with Gasteiger partial charge in [0.05, 0.1) is 41.9 Å². The van der Waals surface area contributed by atoms with Gasteiger partial charge in [-0.25, -0.2) is 0 Å². The summed E-state index contributed by atoms with van der Waals surface area (Å²) in [5.74, 6) is -2.74. The average molecular weight is 687 g/mol. The first kappa shape index (κ1) is 35.2. The quantitative estimate of drug-likeness (QED) is 0.231. The zero-order valence-corrected chi connectivity index (χ0v) is 28.7. The number of carbonyl (C=O) groups excluding carboxylic acids is 4. The van der Waals surface area contributed by atoms with E-state index in [0.29, 0.717) is 17.3 Å². The van der Waals surface area contributed by atoms with Gasteiger partial charge in [0, 0.05) is 23.9 Å². The highest BCUT2D eigenvalue weighted by atomic mass is 79.9. The number of halogens is 1. The largest absolute Gasteiger partial charge is 0.469 e. The lowest BCUT2D eigenvalue weighted by molar-refractivity contribution is -0.161. The summed E-state index contributed by atoms with van der Waals surface area (Å²) < 4.78 is 43.0. The van der Waals surface area contributed by atoms with Gasteiger partial charge >= 0.3 is 11.9 Å². The molecule has 0 aromatic heterocycles. The molecule has 12 heteroatoms. The number of rotatable bonds is 11. The highest BCUT2D eigenvalue weighted by molar-refractivity contribution is 9.10. The number of hydrogen-bond donors (Lipinski definition) is 0. The molecule has 1 saturated carbocycles. The predicted molar refractivity (Wildman–Crippen MR) is 162 cm³/mol. The second-order valence-corrected chi connectivity index (χ2v) is 16.2. The number of likely N-dealkylation sites (tertiary alicyclic amines) is 1. The molecule has 0 N–H and O–H groups in total. The lowest BCUT2D eigenvalue weighted by Gasteiger charge is -2.35. The molecule has 1 aromatic carbocycles. The van der Waals surface area contributed by atoms with Crippen molar-refractivity contribution in [2.75, 3.05) is 13.7 Å². The van der Waals surface area contributed by atoms with E-state index in [1.807, 2.05) is 27.7 Å². The van der Waals surface area contributed by atoms with Crippen molar-refractivity contribution >= 4 is 49.7 Å². The number of ketones is 1. The topological polar surface area (TPSA) is 133 Å². The van der Waals surface area contributed by atoms with Crippen LogP contribution in [0.15, 0.2) is 33.6 Å². The second-order valence-electron chi connectivity index (χ2n) is 13.7. The van der Waals surface area contributed by atoms with E-state index in [4.69, 9.17) is 13.7 Å². The average Bonchev–Trinajstić information content (AvgIpc) is 3.44. The van der Waals surface area contributed by atoms with Gasteiger partial charge in [0.15, 0.2) is 5.78 Å². The van der Waals surface area contributed by atoms with Crippen LogP contribution in [0.4, 0.5) is 0 Å². The van der Waals surface area contributed by atoms with Crippen molar-refractivity contribution in [3.05, 3.63) is 28.7 Å². The Balaban J connectivity index is 1.93. The van der Waals surface area contributed by atoms with Crippen LogP contribution in [-0.4, -0.2) is 68.3 Å². The molecule has 10 nitrogen and oxygen atoms in total. The highest BCUT2D eigenvalue weighted by Gasteiger charge is 2.61. The standard InChI is InChI=1S/C31H44BrNO9S/c1-9-19-16-31(19,28(37)40-8)17-25(34)24-14-21(42-43(38,39)22-12-10-20(32)11-13-22)18-33(24)27(36)23(29(2,3)4)15-26(35)41-30(5,6)7/h10-13,19,21,23-24H,9,14-18H2,1-8H3/t19-,21-,23-,24+,31-/m1/s1. The van der Waals surface area contributed by atoms with Gasteiger partial charge in [-0.2, -0.15) is 8.42 Å². The van der Waals surface area contributed by atoms with E-state index >= 15 is 0 Å². The molecule has 1 amide bonds. The van der Waals surface area contributed by atoms with Crippen molar-refractivity contribution in [2.45, 2.75) is 103 Å². The van der Waals surface area contributed by atoms with Crippen molar-refractivity contribution in [1.29, 1.82) is 0 Å². The van der Waals surface area contributed by atoms with E-state index in [9.17, 15) is 27.6 Å². The third-order valence-electron chi connectivity index (χ3n) is 8.22. The van der Waals surface area contributed by atoms with Gasteiger partial charge in [0.1, 0.15) is 5.60 Å². The van der Waals surface area contributed by atoms with E-state index in [0.717, 1.165) is 0 Å². The first-order valence-electron chi connectivity index (χ1n) is 14.6. The van der Waals surface area contributed by atoms with Gasteiger partial charge in [0.2, 0.25) is 5.91 Å². The van der Waals surface area contributed by atoms with Crippen LogP contribution < -0.4 is 0 Å². The molecule has 1 aliphatic carbocycles. The summed E-state index contributed by atoms with van der Waals surface area (Å²) in [7, 11) is -2.93. The summed E-state index contributed by atoms with van der Waals surface area (Å²) in [6.07, 6.45) is -0.241. The predicted octanol–water partition coefficient (Wildman–Crippen LogP) is 5.07. The number of ether oxygens (including phenoxy) is 2. The maximum absolute atomic E-state index is 14.2. The van der Waals surface area contributed by atoms with Crippen LogP contribution in [0.2, 0.25) is 0 Å². The van der Waals surface area contributed by atoms with Crippen LogP contribution in [0.1, 0.15) is 80.6 Å². The molecule has 0 spiro atoms. The van der Waals surface area contributed by atoms with Crippen molar-refractivity contribution in [3.63, 3.8) is 0 Å². The number of benzene rings is 1. The zero-order chi connectivity index (χ0) is 32.5. The first-order chi connectivity index (χ1) is 19.7. The van der Waals surface area contributed by atoms with Crippen LogP contribution in [0.25, 0.3) is 0 Å². The minimum atomic E-state index is -4.22. The Morgan fingerprint density at radius 2 is 1.67 bits per heavy atom. The number of methoxy groups -OCH3 is 1. The monoisotopic (exact) mass is 685 g/mol. The zero-order valence-electron chi connectivity index (χ0n) is 26.3. The maximum atomic E-state index is 14.2. The fraction of sp³-hybridized carbons (Fsp3) is 0.677. The molecule has 1 aliphatic heterocycles. The molecule has 2 fully saturated rings. The molecule has 2 aliphatic rings. The Hall–Kier alpha value is -2.31. The third kappa shape index (κ3) is 8.45. The molecule has 0 unspecified atom stereocenters. The second kappa shape index (κ2) is 13.0. The van der Waals surface area contributed by atoms with Crippen LogP contribution in [0.3, 0.4) is 0 Å². The summed E-state index contributed by atoms with van der Waals surface area (Å²) in [5, 5.41) is 0. The van der Waals surface area contributed by atoms with E-state index < -0.39 is 62.5 Å². The van der Waals surface area contributed by atoms with Gasteiger partial charge < -0.3 is 14.4 Å². The number of hydrogen-bond acceptors (Lipinski definition) is 9. The van der Waals surface area contributed by atoms with E-state index in [1.165, 1.54) is 24.1 Å². The van der Waals surface area contributed by atoms with Crippen molar-refractivity contribution in [1.82, 2.24) is 4.90 Å². The molecular formula is C31H44BrNO9S. The molecule has 43 heavy (non-hydrogen) atoms. The van der Waals surface area contributed by atoms with Crippen LogP contribution in [0.5, 0.6) is 0 Å². The van der Waals surface area contributed by atoms with Gasteiger partial charge in [-0.05, 0) is 62.8 Å². The maximum Gasteiger partial charge on any atom is 0.312 e. The Morgan fingerprint density at radius 3 is 2.16 bits per heavy atom. The summed E-state index contributed by atoms with van der Waals surface area (Å²) >= 11 is 3.28. The molecular weight excluding hydrogens is 642 g/mol. The van der Waals surface area contributed by atoms with E-state index in [2.05, 4.69) is 15.9 Å². The van der Waals surface area contributed by atoms with Gasteiger partial charge in [0.25, 0.3) is 10.1 Å². The smallest absolute Gasteiger partial charge is 0.312 e. The summed E-state index contributed by atoms with van der Waals surface area (Å²) in [5.41, 5.74) is -2.41.